The molecule has 1 N–H and O–H groups in total. The van der Waals surface area contributed by atoms with Crippen LogP contribution in [0.25, 0.3) is 0 Å². The molecule has 0 heterocycles. The number of halogens is 1. The summed E-state index contributed by atoms with van der Waals surface area (Å²) in [4.78, 5) is 0. The van der Waals surface area contributed by atoms with Crippen LogP contribution in [0.2, 0.25) is 0 Å². The number of ether oxygens (including phenoxy) is 1. The second kappa shape index (κ2) is 6.23. The van der Waals surface area contributed by atoms with E-state index in [9.17, 15) is 4.39 Å². The van der Waals surface area contributed by atoms with Gasteiger partial charge in [-0.25, -0.2) is 4.39 Å². The fraction of sp³-hybridized carbons (Fsp3) is 0.250. The van der Waals surface area contributed by atoms with E-state index in [4.69, 9.17) is 4.74 Å². The molecule has 0 amide bonds. The monoisotopic (exact) mass is 259 g/mol. The first-order valence-corrected chi connectivity index (χ1v) is 6.33. The lowest BCUT2D eigenvalue weighted by Gasteiger charge is -2.17. The summed E-state index contributed by atoms with van der Waals surface area (Å²) >= 11 is 0. The zero-order valence-electron chi connectivity index (χ0n) is 11.2. The summed E-state index contributed by atoms with van der Waals surface area (Å²) in [5.41, 5.74) is 1.64. The highest BCUT2D eigenvalue weighted by Crippen LogP contribution is 2.21. The zero-order chi connectivity index (χ0) is 13.7. The minimum absolute atomic E-state index is 0.119. The average Bonchev–Trinajstić information content (AvgIpc) is 2.42. The maximum absolute atomic E-state index is 13.5. The van der Waals surface area contributed by atoms with Crippen LogP contribution in [-0.4, -0.2) is 13.2 Å². The Balaban J connectivity index is 2.05. The number of hydrogen-bond acceptors (Lipinski definition) is 2. The van der Waals surface area contributed by atoms with Crippen LogP contribution in [-0.2, 0) is 6.42 Å². The lowest BCUT2D eigenvalue weighted by Crippen LogP contribution is -2.19. The van der Waals surface area contributed by atoms with Gasteiger partial charge >= 0.3 is 0 Å². The molecule has 2 aromatic rings. The number of benzene rings is 2. The SMILES string of the molecule is COc1ccccc1CC(C)Nc1ccccc1F. The van der Waals surface area contributed by atoms with Crippen LogP contribution in [0.15, 0.2) is 48.5 Å². The first kappa shape index (κ1) is 13.4. The first-order chi connectivity index (χ1) is 9.20. The van der Waals surface area contributed by atoms with E-state index in [1.165, 1.54) is 6.07 Å². The number of anilines is 1. The summed E-state index contributed by atoms with van der Waals surface area (Å²) in [6, 6.07) is 14.7. The Labute approximate surface area is 113 Å². The van der Waals surface area contributed by atoms with E-state index in [1.54, 1.807) is 19.2 Å². The molecule has 0 saturated carbocycles. The zero-order valence-corrected chi connectivity index (χ0v) is 11.2. The van der Waals surface area contributed by atoms with Gasteiger partial charge in [-0.3, -0.25) is 0 Å². The maximum atomic E-state index is 13.5. The predicted molar refractivity (Wildman–Crippen MR) is 76.2 cm³/mol. The number of para-hydroxylation sites is 2. The summed E-state index contributed by atoms with van der Waals surface area (Å²) in [5.74, 6) is 0.638. The molecular weight excluding hydrogens is 241 g/mol. The highest BCUT2D eigenvalue weighted by Gasteiger charge is 2.09. The van der Waals surface area contributed by atoms with E-state index in [2.05, 4.69) is 5.32 Å². The number of rotatable bonds is 5. The van der Waals surface area contributed by atoms with Gasteiger partial charge in [0.2, 0.25) is 0 Å². The van der Waals surface area contributed by atoms with Crippen molar-refractivity contribution in [1.82, 2.24) is 0 Å². The lowest BCUT2D eigenvalue weighted by molar-refractivity contribution is 0.409. The van der Waals surface area contributed by atoms with E-state index in [0.717, 1.165) is 17.7 Å². The molecule has 0 aliphatic carbocycles. The molecule has 0 saturated heterocycles. The fourth-order valence-corrected chi connectivity index (χ4v) is 2.10. The standard InChI is InChI=1S/C16H18FNO/c1-12(18-15-9-5-4-8-14(15)17)11-13-7-3-6-10-16(13)19-2/h3-10,12,18H,11H2,1-2H3. The van der Waals surface area contributed by atoms with Gasteiger partial charge in [-0.15, -0.1) is 0 Å². The normalized spacial score (nSPS) is 11.9. The van der Waals surface area contributed by atoms with Crippen molar-refractivity contribution in [2.75, 3.05) is 12.4 Å². The van der Waals surface area contributed by atoms with Gasteiger partial charge in [-0.05, 0) is 37.1 Å². The molecule has 0 fully saturated rings. The number of hydrogen-bond donors (Lipinski definition) is 1. The van der Waals surface area contributed by atoms with Crippen molar-refractivity contribution in [2.45, 2.75) is 19.4 Å². The van der Waals surface area contributed by atoms with Gasteiger partial charge < -0.3 is 10.1 Å². The summed E-state index contributed by atoms with van der Waals surface area (Å²) in [6.45, 7) is 2.03. The molecule has 3 heteroatoms. The van der Waals surface area contributed by atoms with E-state index in [0.29, 0.717) is 5.69 Å². The third-order valence-corrected chi connectivity index (χ3v) is 2.99. The van der Waals surface area contributed by atoms with Crippen molar-refractivity contribution in [3.63, 3.8) is 0 Å². The van der Waals surface area contributed by atoms with E-state index in [-0.39, 0.29) is 11.9 Å². The second-order valence-corrected chi connectivity index (χ2v) is 4.54. The molecule has 0 spiro atoms. The van der Waals surface area contributed by atoms with Crippen molar-refractivity contribution in [3.05, 3.63) is 59.9 Å². The van der Waals surface area contributed by atoms with Crippen LogP contribution < -0.4 is 10.1 Å². The van der Waals surface area contributed by atoms with Gasteiger partial charge in [-0.1, -0.05) is 30.3 Å². The van der Waals surface area contributed by atoms with Crippen molar-refractivity contribution in [3.8, 4) is 5.75 Å². The van der Waals surface area contributed by atoms with Crippen LogP contribution in [0.3, 0.4) is 0 Å². The number of nitrogens with one attached hydrogen (secondary N) is 1. The molecule has 0 aliphatic heterocycles. The summed E-state index contributed by atoms with van der Waals surface area (Å²) in [6.07, 6.45) is 0.776. The molecule has 100 valence electrons. The summed E-state index contributed by atoms with van der Waals surface area (Å²) in [7, 11) is 1.66. The Hall–Kier alpha value is -2.03. The van der Waals surface area contributed by atoms with Crippen LogP contribution >= 0.6 is 0 Å². The van der Waals surface area contributed by atoms with Crippen LogP contribution in [0.4, 0.5) is 10.1 Å². The quantitative estimate of drug-likeness (QED) is 0.880. The third kappa shape index (κ3) is 3.47. The first-order valence-electron chi connectivity index (χ1n) is 6.33. The minimum atomic E-state index is -0.227. The van der Waals surface area contributed by atoms with E-state index >= 15 is 0 Å². The molecule has 1 unspecified atom stereocenters. The van der Waals surface area contributed by atoms with Gasteiger partial charge in [0.15, 0.2) is 0 Å². The predicted octanol–water partition coefficient (Wildman–Crippen LogP) is 3.88. The smallest absolute Gasteiger partial charge is 0.146 e. The molecule has 1 atom stereocenters. The lowest BCUT2D eigenvalue weighted by atomic mass is 10.1. The average molecular weight is 259 g/mol. The second-order valence-electron chi connectivity index (χ2n) is 4.54. The Bertz CT molecular complexity index is 542. The highest BCUT2D eigenvalue weighted by atomic mass is 19.1. The van der Waals surface area contributed by atoms with Gasteiger partial charge in [0, 0.05) is 6.04 Å². The van der Waals surface area contributed by atoms with Crippen LogP contribution in [0.1, 0.15) is 12.5 Å². The Morgan fingerprint density at radius 3 is 2.53 bits per heavy atom. The van der Waals surface area contributed by atoms with Crippen molar-refractivity contribution in [1.29, 1.82) is 0 Å². The Morgan fingerprint density at radius 2 is 1.79 bits per heavy atom. The van der Waals surface area contributed by atoms with Gasteiger partial charge in [0.25, 0.3) is 0 Å². The van der Waals surface area contributed by atoms with E-state index < -0.39 is 0 Å². The largest absolute Gasteiger partial charge is 0.496 e. The van der Waals surface area contributed by atoms with Gasteiger partial charge in [-0.2, -0.15) is 0 Å². The fourth-order valence-electron chi connectivity index (χ4n) is 2.10. The third-order valence-electron chi connectivity index (χ3n) is 2.99. The van der Waals surface area contributed by atoms with E-state index in [1.807, 2.05) is 37.3 Å². The molecule has 0 aliphatic rings. The Kier molecular flexibility index (Phi) is 4.39. The summed E-state index contributed by atoms with van der Waals surface area (Å²) in [5, 5.41) is 3.18. The molecule has 0 aromatic heterocycles. The molecule has 2 aromatic carbocycles. The molecule has 2 nitrogen and oxygen atoms in total. The maximum Gasteiger partial charge on any atom is 0.146 e. The van der Waals surface area contributed by atoms with Crippen molar-refractivity contribution in [2.24, 2.45) is 0 Å². The topological polar surface area (TPSA) is 21.3 Å². The van der Waals surface area contributed by atoms with Crippen LogP contribution in [0.5, 0.6) is 5.75 Å². The summed E-state index contributed by atoms with van der Waals surface area (Å²) < 4.78 is 18.9. The molecule has 2 rings (SSSR count). The molecule has 0 bridgehead atoms. The van der Waals surface area contributed by atoms with Gasteiger partial charge in [0.1, 0.15) is 11.6 Å². The minimum Gasteiger partial charge on any atom is -0.496 e. The van der Waals surface area contributed by atoms with Gasteiger partial charge in [0.05, 0.1) is 12.8 Å². The highest BCUT2D eigenvalue weighted by molar-refractivity contribution is 5.45. The van der Waals surface area contributed by atoms with Crippen molar-refractivity contribution >= 4 is 5.69 Å². The Morgan fingerprint density at radius 1 is 1.11 bits per heavy atom. The number of methoxy groups -OCH3 is 1. The molecular formula is C16H18FNO. The van der Waals surface area contributed by atoms with Crippen molar-refractivity contribution < 1.29 is 9.13 Å². The van der Waals surface area contributed by atoms with Crippen LogP contribution in [0, 0.1) is 5.82 Å². The molecule has 19 heavy (non-hydrogen) atoms. The molecule has 0 radical (unpaired) electrons.